The van der Waals surface area contributed by atoms with Crippen molar-refractivity contribution < 1.29 is 14.1 Å². The number of rotatable bonds is 6. The Morgan fingerprint density at radius 1 is 1.17 bits per heavy atom. The van der Waals surface area contributed by atoms with E-state index in [1.54, 1.807) is 0 Å². The van der Waals surface area contributed by atoms with Crippen molar-refractivity contribution in [2.24, 2.45) is 5.92 Å². The van der Waals surface area contributed by atoms with Crippen LogP contribution in [0.2, 0.25) is 0 Å². The van der Waals surface area contributed by atoms with Gasteiger partial charge in [0.2, 0.25) is 6.41 Å². The minimum absolute atomic E-state index is 0.0590. The Balaban J connectivity index is 1.58. The summed E-state index contributed by atoms with van der Waals surface area (Å²) in [6, 6.07) is 8.84. The molecule has 3 fully saturated rings. The summed E-state index contributed by atoms with van der Waals surface area (Å²) in [5, 5.41) is 6.34. The molecule has 1 saturated carbocycles. The first-order chi connectivity index (χ1) is 14.1. The van der Waals surface area contributed by atoms with Crippen LogP contribution in [0.25, 0.3) is 0 Å². The maximum absolute atomic E-state index is 13.9. The van der Waals surface area contributed by atoms with E-state index in [0.29, 0.717) is 28.9 Å². The molecule has 5 heteroatoms. The minimum Gasteiger partial charge on any atom is -0.358 e. The Morgan fingerprint density at radius 3 is 2.48 bits per heavy atom. The van der Waals surface area contributed by atoms with Crippen molar-refractivity contribution in [2.75, 3.05) is 32.7 Å². The van der Waals surface area contributed by atoms with Crippen LogP contribution in [0.4, 0.5) is 0 Å². The highest BCUT2D eigenvalue weighted by Gasteiger charge is 2.47. The Morgan fingerprint density at radius 2 is 1.90 bits per heavy atom. The van der Waals surface area contributed by atoms with E-state index in [9.17, 15) is 9.59 Å². The second kappa shape index (κ2) is 8.57. The van der Waals surface area contributed by atoms with Crippen molar-refractivity contribution in [2.45, 2.75) is 63.3 Å². The topological polar surface area (TPSA) is 58.2 Å². The lowest BCUT2D eigenvalue weighted by Gasteiger charge is -2.48. The van der Waals surface area contributed by atoms with Gasteiger partial charge in [0.05, 0.1) is 24.7 Å². The lowest BCUT2D eigenvalue weighted by atomic mass is 9.64. The molecule has 2 aliphatic heterocycles. The zero-order chi connectivity index (χ0) is 20.3. The van der Waals surface area contributed by atoms with Gasteiger partial charge >= 0.3 is 5.91 Å². The fourth-order valence-corrected chi connectivity index (χ4v) is 6.08. The molecule has 0 aromatic heterocycles. The highest BCUT2D eigenvalue weighted by atomic mass is 16.2. The second-order valence-electron chi connectivity index (χ2n) is 9.68. The molecule has 0 bridgehead atoms. The molecule has 1 aromatic rings. The molecule has 2 heterocycles. The van der Waals surface area contributed by atoms with Gasteiger partial charge in [-0.1, -0.05) is 25.5 Å². The number of hydrogen-bond acceptors (Lipinski definition) is 3. The van der Waals surface area contributed by atoms with Gasteiger partial charge < -0.3 is 10.6 Å². The smallest absolute Gasteiger partial charge is 0.346 e. The average Bonchev–Trinajstić information content (AvgIpc) is 2.73. The van der Waals surface area contributed by atoms with Crippen molar-refractivity contribution in [3.63, 3.8) is 0 Å². The lowest BCUT2D eigenvalue weighted by molar-refractivity contribution is -0.884. The Kier molecular flexibility index (Phi) is 6.07. The first-order valence-corrected chi connectivity index (χ1v) is 11.5. The summed E-state index contributed by atoms with van der Waals surface area (Å²) in [7, 11) is 0. The van der Waals surface area contributed by atoms with E-state index >= 15 is 0 Å². The molecule has 2 unspecified atom stereocenters. The largest absolute Gasteiger partial charge is 0.358 e. The summed E-state index contributed by atoms with van der Waals surface area (Å²) in [6.45, 7) is 7.02. The highest BCUT2D eigenvalue weighted by Crippen LogP contribution is 2.43. The van der Waals surface area contributed by atoms with Gasteiger partial charge in [-0.15, -0.1) is 0 Å². The molecule has 1 aromatic carbocycles. The summed E-state index contributed by atoms with van der Waals surface area (Å²) < 4.78 is 0.653. The van der Waals surface area contributed by atoms with Crippen LogP contribution in [-0.4, -0.2) is 55.6 Å². The Hall–Kier alpha value is -1.72. The van der Waals surface area contributed by atoms with Crippen molar-refractivity contribution >= 4 is 12.3 Å². The van der Waals surface area contributed by atoms with E-state index in [0.717, 1.165) is 70.3 Å². The number of carbonyl (C=O) groups is 2. The molecule has 158 valence electrons. The number of carbonyl (C=O) groups excluding carboxylic acids is 2. The van der Waals surface area contributed by atoms with Gasteiger partial charge in [-0.25, -0.2) is 4.79 Å². The number of quaternary nitrogens is 1. The minimum atomic E-state index is 0.0590. The molecule has 4 rings (SSSR count). The normalized spacial score (nSPS) is 29.6. The van der Waals surface area contributed by atoms with Crippen molar-refractivity contribution in [3.05, 3.63) is 35.4 Å². The zero-order valence-electron chi connectivity index (χ0n) is 17.8. The molecule has 1 aliphatic carbocycles. The molecule has 0 spiro atoms. The van der Waals surface area contributed by atoms with Crippen LogP contribution in [0.1, 0.15) is 67.8 Å². The lowest BCUT2D eigenvalue weighted by Crippen LogP contribution is -2.65. The third kappa shape index (κ3) is 3.87. The van der Waals surface area contributed by atoms with Crippen LogP contribution < -0.4 is 10.6 Å². The van der Waals surface area contributed by atoms with Crippen LogP contribution in [-0.2, 0) is 10.2 Å². The summed E-state index contributed by atoms with van der Waals surface area (Å²) in [6.07, 6.45) is 8.78. The maximum Gasteiger partial charge on any atom is 0.346 e. The highest BCUT2D eigenvalue weighted by molar-refractivity contribution is 5.89. The second-order valence-corrected chi connectivity index (χ2v) is 9.68. The quantitative estimate of drug-likeness (QED) is 0.572. The summed E-state index contributed by atoms with van der Waals surface area (Å²) in [5.74, 6) is 0.929. The van der Waals surface area contributed by atoms with E-state index in [1.165, 1.54) is 18.4 Å². The predicted octanol–water partition coefficient (Wildman–Crippen LogP) is 2.99. The van der Waals surface area contributed by atoms with Crippen LogP contribution in [0.5, 0.6) is 0 Å². The van der Waals surface area contributed by atoms with E-state index in [4.69, 9.17) is 0 Å². The monoisotopic (exact) mass is 398 g/mol. The standard InChI is InChI=1S/C24H35N3O2/c1-19-4-2-15-27(16-19,22-9-13-25-14-10-22)23(29)20-5-7-21(8-6-20)24(11-3-12-24)17-26-18-28/h5-8,18-19,22,25H,2-4,9-17H2,1H3/p+1. The third-order valence-corrected chi connectivity index (χ3v) is 7.88. The maximum atomic E-state index is 13.9. The number of nitrogens with one attached hydrogen (secondary N) is 2. The summed E-state index contributed by atoms with van der Waals surface area (Å²) in [4.78, 5) is 24.7. The van der Waals surface area contributed by atoms with Gasteiger partial charge in [0, 0.05) is 43.8 Å². The molecule has 5 nitrogen and oxygen atoms in total. The third-order valence-electron chi connectivity index (χ3n) is 7.88. The number of likely N-dealkylation sites (tertiary alicyclic amines) is 1. The predicted molar refractivity (Wildman–Crippen MR) is 115 cm³/mol. The SMILES string of the molecule is CC1CCC[N+](C(=O)c2ccc(C3(CNC=O)CCC3)cc2)(C2CCNCC2)C1. The van der Waals surface area contributed by atoms with E-state index < -0.39 is 0 Å². The summed E-state index contributed by atoms with van der Waals surface area (Å²) in [5.41, 5.74) is 2.18. The van der Waals surface area contributed by atoms with Crippen LogP contribution in [0.15, 0.2) is 24.3 Å². The van der Waals surface area contributed by atoms with Crippen LogP contribution in [0.3, 0.4) is 0 Å². The number of nitrogens with zero attached hydrogens (tertiary/aromatic N) is 1. The van der Waals surface area contributed by atoms with Gasteiger partial charge in [0.1, 0.15) is 0 Å². The molecule has 2 N–H and O–H groups in total. The molecule has 2 atom stereocenters. The van der Waals surface area contributed by atoms with Crippen molar-refractivity contribution in [3.8, 4) is 0 Å². The summed E-state index contributed by atoms with van der Waals surface area (Å²) >= 11 is 0. The van der Waals surface area contributed by atoms with Crippen molar-refractivity contribution in [1.82, 2.24) is 10.6 Å². The zero-order valence-corrected chi connectivity index (χ0v) is 17.8. The Labute approximate surface area is 174 Å². The Bertz CT molecular complexity index is 722. The van der Waals surface area contributed by atoms with E-state index in [-0.39, 0.29) is 5.41 Å². The number of piperidine rings is 2. The van der Waals surface area contributed by atoms with Gasteiger partial charge in [-0.05, 0) is 43.4 Å². The molecular weight excluding hydrogens is 362 g/mol. The van der Waals surface area contributed by atoms with Gasteiger partial charge in [-0.3, -0.25) is 9.28 Å². The number of benzene rings is 1. The number of hydrogen-bond donors (Lipinski definition) is 2. The first kappa shape index (κ1) is 20.5. The van der Waals surface area contributed by atoms with Crippen molar-refractivity contribution in [1.29, 1.82) is 0 Å². The molecule has 3 aliphatic rings. The van der Waals surface area contributed by atoms with Gasteiger partial charge in [-0.2, -0.15) is 0 Å². The number of amides is 2. The molecule has 29 heavy (non-hydrogen) atoms. The molecular formula is C24H36N3O2+. The fraction of sp³-hybridized carbons (Fsp3) is 0.667. The molecule has 2 amide bonds. The van der Waals surface area contributed by atoms with E-state index in [1.807, 2.05) is 0 Å². The first-order valence-electron chi connectivity index (χ1n) is 11.5. The van der Waals surface area contributed by atoms with Crippen LogP contribution >= 0.6 is 0 Å². The molecule has 2 saturated heterocycles. The molecule has 0 radical (unpaired) electrons. The van der Waals surface area contributed by atoms with Crippen LogP contribution in [0, 0.1) is 5.92 Å². The van der Waals surface area contributed by atoms with Gasteiger partial charge in [0.15, 0.2) is 0 Å². The average molecular weight is 399 g/mol. The van der Waals surface area contributed by atoms with E-state index in [2.05, 4.69) is 41.8 Å². The fourth-order valence-electron chi connectivity index (χ4n) is 6.08. The van der Waals surface area contributed by atoms with Gasteiger partial charge in [0.25, 0.3) is 0 Å².